The van der Waals surface area contributed by atoms with Crippen LogP contribution in [0.5, 0.6) is 5.75 Å². The minimum absolute atomic E-state index is 0.00367. The maximum absolute atomic E-state index is 17.2. The lowest BCUT2D eigenvalue weighted by Gasteiger charge is -2.30. The van der Waals surface area contributed by atoms with Gasteiger partial charge in [-0.15, -0.1) is 11.3 Å². The van der Waals surface area contributed by atoms with Gasteiger partial charge in [0.1, 0.15) is 41.0 Å². The van der Waals surface area contributed by atoms with Gasteiger partial charge in [0.15, 0.2) is 0 Å². The van der Waals surface area contributed by atoms with Gasteiger partial charge in [-0.1, -0.05) is 39.0 Å². The van der Waals surface area contributed by atoms with E-state index in [1.165, 1.54) is 30.4 Å². The number of amides is 3. The van der Waals surface area contributed by atoms with Gasteiger partial charge in [0.2, 0.25) is 5.91 Å². The molecule has 0 spiro atoms. The summed E-state index contributed by atoms with van der Waals surface area (Å²) >= 11 is 1.82. The third-order valence-corrected chi connectivity index (χ3v) is 15.6. The number of thiophene rings is 1. The second kappa shape index (κ2) is 18.2. The van der Waals surface area contributed by atoms with Crippen LogP contribution >= 0.6 is 11.3 Å². The summed E-state index contributed by atoms with van der Waals surface area (Å²) in [5.74, 6) is 1.88. The van der Waals surface area contributed by atoms with Crippen LogP contribution in [0, 0.1) is 23.6 Å². The van der Waals surface area contributed by atoms with Crippen LogP contribution in [0.1, 0.15) is 149 Å². The number of nitrogens with one attached hydrogen (secondary N) is 3. The number of methoxy groups -OCH3 is 1. The number of rotatable bonds is 10. The topological polar surface area (TPSA) is 155 Å². The number of carbonyl (C=O) groups excluding carboxylic acids is 3. The van der Waals surface area contributed by atoms with Crippen LogP contribution in [0.2, 0.25) is 0 Å². The number of ether oxygens (including phenoxy) is 3. The number of imidazole rings is 2. The van der Waals surface area contributed by atoms with Crippen molar-refractivity contribution in [3.63, 3.8) is 0 Å². The van der Waals surface area contributed by atoms with Crippen molar-refractivity contribution in [3.8, 4) is 28.3 Å². The molecule has 0 radical (unpaired) electrons. The third kappa shape index (κ3) is 9.05. The molecule has 1 saturated carbocycles. The molecule has 2 aromatic carbocycles. The predicted molar refractivity (Wildman–Crippen MR) is 259 cm³/mol. The van der Waals surface area contributed by atoms with E-state index in [4.69, 9.17) is 24.2 Å². The van der Waals surface area contributed by atoms with Crippen molar-refractivity contribution in [2.24, 2.45) is 17.8 Å². The first-order valence-electron chi connectivity index (χ1n) is 24.3. The molecule has 6 atom stereocenters. The molecule has 3 amide bonds. The fraction of sp³-hybridized carbons (Fsp3) is 0.491. The van der Waals surface area contributed by atoms with E-state index < -0.39 is 17.7 Å². The van der Waals surface area contributed by atoms with Gasteiger partial charge in [0.25, 0.3) is 0 Å². The summed E-state index contributed by atoms with van der Waals surface area (Å²) in [7, 11) is 1.28. The second-order valence-corrected chi connectivity index (χ2v) is 21.9. The van der Waals surface area contributed by atoms with Gasteiger partial charge in [-0.2, -0.15) is 0 Å². The second-order valence-electron chi connectivity index (χ2n) is 20.7. The maximum atomic E-state index is 17.2. The molecule has 2 bridgehead atoms. The van der Waals surface area contributed by atoms with Crippen molar-refractivity contribution in [1.29, 1.82) is 0 Å². The van der Waals surface area contributed by atoms with Crippen molar-refractivity contribution in [2.75, 3.05) is 20.2 Å². The highest BCUT2D eigenvalue weighted by atomic mass is 32.1. The number of hydrogen-bond donors (Lipinski definition) is 3. The van der Waals surface area contributed by atoms with Crippen molar-refractivity contribution in [3.05, 3.63) is 98.8 Å². The Morgan fingerprint density at radius 2 is 1.62 bits per heavy atom. The first-order valence-corrected chi connectivity index (χ1v) is 25.1. The van der Waals surface area contributed by atoms with E-state index in [9.17, 15) is 14.4 Å². The Labute approximate surface area is 401 Å². The highest BCUT2D eigenvalue weighted by Crippen LogP contribution is 2.53. The lowest BCUT2D eigenvalue weighted by Crippen LogP contribution is -2.51. The van der Waals surface area contributed by atoms with Crippen molar-refractivity contribution >= 4 is 41.1 Å². The summed E-state index contributed by atoms with van der Waals surface area (Å²) in [6.07, 6.45) is 11.7. The lowest BCUT2D eigenvalue weighted by atomic mass is 9.80. The number of carbonyl (C=O) groups is 3. The quantitative estimate of drug-likeness (QED) is 0.125. The number of hydrogen-bond acceptors (Lipinski definition) is 9. The summed E-state index contributed by atoms with van der Waals surface area (Å²) < 4.78 is 34.9. The van der Waals surface area contributed by atoms with Gasteiger partial charge >= 0.3 is 12.2 Å². The number of likely N-dealkylation sites (tertiary alicyclic amines) is 2. The molecular weight excluding hydrogens is 882 g/mol. The zero-order chi connectivity index (χ0) is 47.6. The first kappa shape index (κ1) is 45.8. The monoisotopic (exact) mass is 943 g/mol. The molecule has 68 heavy (non-hydrogen) atoms. The number of benzene rings is 2. The van der Waals surface area contributed by atoms with E-state index in [2.05, 4.69) is 58.6 Å². The molecule has 358 valence electrons. The van der Waals surface area contributed by atoms with Crippen LogP contribution in [-0.4, -0.2) is 79.7 Å². The SMILES string of the molecule is COC(=O)NC(C(=O)N1CCCC1c1ncc(-c2cc(F)c3c(c2)OC(c2ccc(CC4CC4)s2)C2CC3=Cc3cc(-c4cnc(C5CCCN5C(=O)OC(C)(C)C)[nH]4)ccc3C2C)[nH]1)C(C)C. The van der Waals surface area contributed by atoms with Crippen LogP contribution in [0.15, 0.2) is 54.9 Å². The third-order valence-electron chi connectivity index (χ3n) is 14.4. The van der Waals surface area contributed by atoms with Crippen LogP contribution in [0.25, 0.3) is 34.2 Å². The zero-order valence-electron chi connectivity index (χ0n) is 40.0. The molecule has 15 heteroatoms. The predicted octanol–water partition coefficient (Wildman–Crippen LogP) is 11.5. The van der Waals surface area contributed by atoms with E-state index in [1.54, 1.807) is 22.1 Å². The number of H-pyrrole nitrogens is 2. The number of halogens is 1. The molecule has 6 unspecified atom stereocenters. The summed E-state index contributed by atoms with van der Waals surface area (Å²) in [4.78, 5) is 61.8. The van der Waals surface area contributed by atoms with Gasteiger partial charge in [-0.25, -0.2) is 23.9 Å². The van der Waals surface area contributed by atoms with Gasteiger partial charge in [0, 0.05) is 39.9 Å². The number of allylic oxidation sites excluding steroid dienone is 1. The summed E-state index contributed by atoms with van der Waals surface area (Å²) in [5, 5.41) is 2.71. The Morgan fingerprint density at radius 3 is 2.29 bits per heavy atom. The average Bonchev–Trinajstić information content (AvgIpc) is 3.91. The number of alkyl carbamates (subject to hydrolysis) is 1. The van der Waals surface area contributed by atoms with Crippen molar-refractivity contribution in [2.45, 2.75) is 129 Å². The minimum Gasteiger partial charge on any atom is -0.484 e. The summed E-state index contributed by atoms with van der Waals surface area (Å²) in [5.41, 5.74) is 5.94. The summed E-state index contributed by atoms with van der Waals surface area (Å²) in [6, 6.07) is 13.2. The standard InChI is InChI=1S/C53H62FN7O6S/c1-28(2)46(59-51(63)65-7)50(62)60-18-8-10-41(60)48-56-27-40(58-48)33-24-38(54)45-34-22-32-21-31(39-26-55-49(57-39)42-11-9-19-61(42)52(64)67-53(4,5)6)14-16-36(32)29(3)37(23-34)47(66-43(45)25-33)44-17-15-35(68-44)20-30-12-13-30/h14-17,21-22,24-30,37,41-42,46-47H,8-13,18-20,23H2,1-7H3,(H,55,57)(H,56,58)(H,59,63). The number of nitrogens with zero attached hydrogens (tertiary/aromatic N) is 4. The fourth-order valence-corrected chi connectivity index (χ4v) is 12.0. The Balaban J connectivity index is 0.991. The van der Waals surface area contributed by atoms with Crippen LogP contribution in [-0.2, 0) is 20.7 Å². The van der Waals surface area contributed by atoms with E-state index in [0.29, 0.717) is 54.3 Å². The van der Waals surface area contributed by atoms with Gasteiger partial charge in [-0.05, 0) is 137 Å². The molecule has 3 fully saturated rings. The Hall–Kier alpha value is -5.96. The fourth-order valence-electron chi connectivity index (χ4n) is 10.7. The molecule has 3 N–H and O–H groups in total. The molecular formula is C53H62FN7O6S. The Morgan fingerprint density at radius 1 is 0.926 bits per heavy atom. The molecule has 3 aromatic heterocycles. The largest absolute Gasteiger partial charge is 0.484 e. The molecule has 2 saturated heterocycles. The van der Waals surface area contributed by atoms with Gasteiger partial charge in [-0.3, -0.25) is 9.69 Å². The van der Waals surface area contributed by atoms with Crippen LogP contribution in [0.3, 0.4) is 0 Å². The van der Waals surface area contributed by atoms with E-state index >= 15 is 4.39 Å². The van der Waals surface area contributed by atoms with Crippen LogP contribution in [0.4, 0.5) is 14.0 Å². The highest BCUT2D eigenvalue weighted by Gasteiger charge is 2.42. The summed E-state index contributed by atoms with van der Waals surface area (Å²) in [6.45, 7) is 12.8. The van der Waals surface area contributed by atoms with Crippen LogP contribution < -0.4 is 10.1 Å². The number of aromatic amines is 2. The van der Waals surface area contributed by atoms with Gasteiger partial charge in [0.05, 0.1) is 48.5 Å². The molecule has 10 rings (SSSR count). The molecule has 5 aliphatic rings. The zero-order valence-corrected chi connectivity index (χ0v) is 40.8. The average molecular weight is 944 g/mol. The van der Waals surface area contributed by atoms with E-state index in [1.807, 2.05) is 58.2 Å². The Bertz CT molecular complexity index is 2760. The highest BCUT2D eigenvalue weighted by molar-refractivity contribution is 7.12. The van der Waals surface area contributed by atoms with Crippen molar-refractivity contribution < 1.29 is 33.0 Å². The number of aromatic nitrogens is 4. The molecule has 5 aromatic rings. The Kier molecular flexibility index (Phi) is 12.2. The first-order chi connectivity index (χ1) is 32.6. The molecule has 2 aliphatic carbocycles. The minimum atomic E-state index is -0.757. The normalized spacial score (nSPS) is 22.7. The maximum Gasteiger partial charge on any atom is 0.410 e. The van der Waals surface area contributed by atoms with Crippen molar-refractivity contribution in [1.82, 2.24) is 35.1 Å². The molecule has 3 aliphatic heterocycles. The number of fused-ring (bicyclic) bond motifs is 5. The smallest absolute Gasteiger partial charge is 0.410 e. The molecule has 13 nitrogen and oxygen atoms in total. The molecule has 6 heterocycles. The van der Waals surface area contributed by atoms with E-state index in [0.717, 1.165) is 64.7 Å². The van der Waals surface area contributed by atoms with E-state index in [-0.39, 0.29) is 53.8 Å². The van der Waals surface area contributed by atoms with Gasteiger partial charge < -0.3 is 34.4 Å². The lowest BCUT2D eigenvalue weighted by molar-refractivity contribution is -0.135.